The van der Waals surface area contributed by atoms with E-state index in [0.29, 0.717) is 10.0 Å². The second kappa shape index (κ2) is 5.60. The van der Waals surface area contributed by atoms with Crippen LogP contribution in [0.2, 0.25) is 10.0 Å². The molecule has 0 radical (unpaired) electrons. The summed E-state index contributed by atoms with van der Waals surface area (Å²) in [6, 6.07) is 4.17. The van der Waals surface area contributed by atoms with Gasteiger partial charge in [0.15, 0.2) is 0 Å². The first kappa shape index (κ1) is 12.9. The molecule has 60 valence electrons. The van der Waals surface area contributed by atoms with Crippen molar-refractivity contribution in [2.45, 2.75) is 0 Å². The molecule has 0 saturated carbocycles. The molecular formula is C7H5Cl2KO2. The van der Waals surface area contributed by atoms with Crippen LogP contribution in [-0.2, 0) is 0 Å². The van der Waals surface area contributed by atoms with Gasteiger partial charge in [-0.15, -0.1) is 0 Å². The van der Waals surface area contributed by atoms with Gasteiger partial charge in [-0.25, -0.2) is 4.79 Å². The average molecular weight is 231 g/mol. The molecule has 5 heteroatoms. The summed E-state index contributed by atoms with van der Waals surface area (Å²) >= 11 is 11.1. The van der Waals surface area contributed by atoms with Crippen LogP contribution in [-0.4, -0.2) is 62.5 Å². The summed E-state index contributed by atoms with van der Waals surface area (Å²) in [7, 11) is 0. The van der Waals surface area contributed by atoms with Gasteiger partial charge in [-0.1, -0.05) is 23.2 Å². The van der Waals surface area contributed by atoms with E-state index in [9.17, 15) is 4.79 Å². The summed E-state index contributed by atoms with van der Waals surface area (Å²) in [5, 5.41) is 9.17. The first-order valence-electron chi connectivity index (χ1n) is 2.79. The van der Waals surface area contributed by atoms with Crippen LogP contribution in [0.25, 0.3) is 0 Å². The van der Waals surface area contributed by atoms with E-state index < -0.39 is 5.97 Å². The molecule has 0 aromatic heterocycles. The van der Waals surface area contributed by atoms with Gasteiger partial charge in [0, 0.05) is 10.0 Å². The number of hydrogen-bond donors (Lipinski definition) is 1. The number of carboxylic acid groups (broad SMARTS) is 1. The van der Waals surface area contributed by atoms with Crippen LogP contribution in [0.3, 0.4) is 0 Å². The number of benzene rings is 1. The molecule has 0 aliphatic heterocycles. The molecule has 1 rings (SSSR count). The van der Waals surface area contributed by atoms with Gasteiger partial charge < -0.3 is 5.11 Å². The van der Waals surface area contributed by atoms with Gasteiger partial charge in [-0.2, -0.15) is 0 Å². The zero-order valence-electron chi connectivity index (χ0n) is 5.34. The predicted molar refractivity (Wildman–Crippen MR) is 50.6 cm³/mol. The molecule has 1 aromatic carbocycles. The third kappa shape index (κ3) is 3.74. The van der Waals surface area contributed by atoms with E-state index in [1.807, 2.05) is 0 Å². The number of halogens is 2. The fourth-order valence-electron chi connectivity index (χ4n) is 0.677. The number of carboxylic acids is 1. The predicted octanol–water partition coefficient (Wildman–Crippen LogP) is 2.04. The molecule has 0 spiro atoms. The third-order valence-electron chi connectivity index (χ3n) is 1.11. The molecule has 0 unspecified atom stereocenters. The van der Waals surface area contributed by atoms with E-state index in [-0.39, 0.29) is 56.9 Å². The Hall–Kier alpha value is 0.906. The van der Waals surface area contributed by atoms with Crippen molar-refractivity contribution in [2.24, 2.45) is 0 Å². The molecule has 0 aliphatic carbocycles. The van der Waals surface area contributed by atoms with E-state index in [4.69, 9.17) is 28.3 Å². The molecule has 0 aliphatic rings. The maximum absolute atomic E-state index is 10.4. The molecule has 1 aromatic rings. The average Bonchev–Trinajstić information content (AvgIpc) is 1.85. The topological polar surface area (TPSA) is 37.3 Å². The molecule has 0 amide bonds. The van der Waals surface area contributed by atoms with Crippen LogP contribution in [0.1, 0.15) is 10.4 Å². The van der Waals surface area contributed by atoms with Crippen LogP contribution in [0.4, 0.5) is 0 Å². The van der Waals surface area contributed by atoms with Gasteiger partial charge in [0.05, 0.1) is 5.56 Å². The molecular weight excluding hydrogens is 226 g/mol. The third-order valence-corrected chi connectivity index (χ3v) is 1.55. The summed E-state index contributed by atoms with van der Waals surface area (Å²) in [4.78, 5) is 10.4. The molecule has 0 bridgehead atoms. The molecule has 0 atom stereocenters. The van der Waals surface area contributed by atoms with E-state index in [1.165, 1.54) is 18.2 Å². The standard InChI is InChI=1S/C7H4Cl2O2.K.H/c8-5-1-4(7(10)11)2-6(9)3-5;;/h1-3H,(H,10,11);;. The number of carbonyl (C=O) groups is 1. The summed E-state index contributed by atoms with van der Waals surface area (Å²) in [6.45, 7) is 0. The molecule has 0 fully saturated rings. The van der Waals surface area contributed by atoms with Crippen molar-refractivity contribution in [1.29, 1.82) is 0 Å². The summed E-state index contributed by atoms with van der Waals surface area (Å²) in [5.41, 5.74) is 0.0995. The quantitative estimate of drug-likeness (QED) is 0.751. The summed E-state index contributed by atoms with van der Waals surface area (Å²) < 4.78 is 0. The van der Waals surface area contributed by atoms with Crippen molar-refractivity contribution in [2.75, 3.05) is 0 Å². The van der Waals surface area contributed by atoms with Gasteiger partial charge in [0.25, 0.3) is 0 Å². The molecule has 0 heterocycles. The molecule has 2 nitrogen and oxygen atoms in total. The van der Waals surface area contributed by atoms with Crippen LogP contribution in [0.5, 0.6) is 0 Å². The normalized spacial score (nSPS) is 8.83. The Morgan fingerprint density at radius 2 is 1.58 bits per heavy atom. The summed E-state index contributed by atoms with van der Waals surface area (Å²) in [6.07, 6.45) is 0. The van der Waals surface area contributed by atoms with E-state index in [2.05, 4.69) is 0 Å². The van der Waals surface area contributed by atoms with Crippen molar-refractivity contribution in [3.05, 3.63) is 33.8 Å². The number of aromatic carboxylic acids is 1. The van der Waals surface area contributed by atoms with E-state index >= 15 is 0 Å². The summed E-state index contributed by atoms with van der Waals surface area (Å²) in [5.74, 6) is -1.03. The van der Waals surface area contributed by atoms with Crippen LogP contribution in [0, 0.1) is 0 Å². The fraction of sp³-hybridized carbons (Fsp3) is 0. The van der Waals surface area contributed by atoms with Gasteiger partial charge >= 0.3 is 57.4 Å². The van der Waals surface area contributed by atoms with Crippen LogP contribution in [0.15, 0.2) is 18.2 Å². The molecule has 1 N–H and O–H groups in total. The Morgan fingerprint density at radius 1 is 1.17 bits per heavy atom. The monoisotopic (exact) mass is 230 g/mol. The first-order chi connectivity index (χ1) is 5.09. The molecule has 0 saturated heterocycles. The SMILES string of the molecule is O=C(O)c1cc(Cl)cc(Cl)c1.[KH]. The minimum atomic E-state index is -1.03. The van der Waals surface area contributed by atoms with Gasteiger partial charge in [-0.3, -0.25) is 0 Å². The number of hydrogen-bond acceptors (Lipinski definition) is 1. The van der Waals surface area contributed by atoms with E-state index in [0.717, 1.165) is 0 Å². The minimum absolute atomic E-state index is 0. The second-order valence-corrected chi connectivity index (χ2v) is 2.84. The van der Waals surface area contributed by atoms with Crippen molar-refractivity contribution in [3.8, 4) is 0 Å². The van der Waals surface area contributed by atoms with Crippen molar-refractivity contribution in [1.82, 2.24) is 0 Å². The van der Waals surface area contributed by atoms with Crippen LogP contribution < -0.4 is 0 Å². The van der Waals surface area contributed by atoms with Crippen molar-refractivity contribution < 1.29 is 9.90 Å². The van der Waals surface area contributed by atoms with Gasteiger partial charge in [0.1, 0.15) is 0 Å². The van der Waals surface area contributed by atoms with Gasteiger partial charge in [-0.05, 0) is 18.2 Å². The van der Waals surface area contributed by atoms with E-state index in [1.54, 1.807) is 0 Å². The molecule has 12 heavy (non-hydrogen) atoms. The Bertz CT molecular complexity index is 281. The Morgan fingerprint density at radius 3 is 1.92 bits per heavy atom. The zero-order chi connectivity index (χ0) is 8.43. The Kier molecular flexibility index (Phi) is 6.02. The second-order valence-electron chi connectivity index (χ2n) is 1.96. The number of rotatable bonds is 1. The van der Waals surface area contributed by atoms with Crippen molar-refractivity contribution >= 4 is 80.6 Å². The Labute approximate surface area is 122 Å². The van der Waals surface area contributed by atoms with Gasteiger partial charge in [0.2, 0.25) is 0 Å². The maximum atomic E-state index is 10.4. The fourth-order valence-corrected chi connectivity index (χ4v) is 1.20. The van der Waals surface area contributed by atoms with Crippen molar-refractivity contribution in [3.63, 3.8) is 0 Å². The Balaban J connectivity index is 0.00000121. The van der Waals surface area contributed by atoms with Crippen LogP contribution >= 0.6 is 23.2 Å². The first-order valence-corrected chi connectivity index (χ1v) is 3.54. The zero-order valence-corrected chi connectivity index (χ0v) is 6.86.